The number of benzene rings is 1. The second-order valence-electron chi connectivity index (χ2n) is 11.7. The van der Waals surface area contributed by atoms with E-state index >= 15 is 0 Å². The maximum absolute atomic E-state index is 13.3. The van der Waals surface area contributed by atoms with Crippen molar-refractivity contribution >= 4 is 27.6 Å². The molecule has 1 fully saturated rings. The Morgan fingerprint density at radius 2 is 1.76 bits per heavy atom. The van der Waals surface area contributed by atoms with Gasteiger partial charge in [-0.25, -0.2) is 9.78 Å². The number of carbonyl (C=O) groups is 1. The van der Waals surface area contributed by atoms with Crippen LogP contribution in [0.15, 0.2) is 59.8 Å². The smallest absolute Gasteiger partial charge is 0.408 e. The van der Waals surface area contributed by atoms with Gasteiger partial charge in [0.15, 0.2) is 0 Å². The minimum Gasteiger partial charge on any atom is -0.465 e. The van der Waals surface area contributed by atoms with Gasteiger partial charge in [0.1, 0.15) is 11.4 Å². The van der Waals surface area contributed by atoms with Gasteiger partial charge >= 0.3 is 12.3 Å². The molecule has 2 N–H and O–H groups in total. The Hall–Kier alpha value is -3.77. The number of fused-ring (bicyclic) bond motifs is 1. The quantitative estimate of drug-likeness (QED) is 0.286. The van der Waals surface area contributed by atoms with Crippen LogP contribution in [0.5, 0.6) is 0 Å². The van der Waals surface area contributed by atoms with Crippen LogP contribution >= 0.6 is 11.3 Å². The van der Waals surface area contributed by atoms with Gasteiger partial charge in [-0.15, -0.1) is 11.3 Å². The topological polar surface area (TPSA) is 109 Å². The Balaban J connectivity index is 1.67. The van der Waals surface area contributed by atoms with Crippen molar-refractivity contribution in [1.82, 2.24) is 19.4 Å². The molecule has 1 amide bonds. The molecule has 3 heterocycles. The van der Waals surface area contributed by atoms with Gasteiger partial charge in [-0.3, -0.25) is 19.2 Å². The Labute approximate surface area is 237 Å². The molecule has 216 valence electrons. The van der Waals surface area contributed by atoms with Crippen LogP contribution in [0.2, 0.25) is 0 Å². The lowest BCUT2D eigenvalue weighted by atomic mass is 9.60. The van der Waals surface area contributed by atoms with Crippen LogP contribution in [0.1, 0.15) is 46.1 Å². The summed E-state index contributed by atoms with van der Waals surface area (Å²) in [6, 6.07) is 12.3. The van der Waals surface area contributed by atoms with E-state index in [2.05, 4.69) is 9.97 Å². The van der Waals surface area contributed by atoms with Gasteiger partial charge in [-0.2, -0.15) is 13.2 Å². The van der Waals surface area contributed by atoms with E-state index in [0.29, 0.717) is 31.8 Å². The Morgan fingerprint density at radius 1 is 1.10 bits per heavy atom. The predicted molar refractivity (Wildman–Crippen MR) is 150 cm³/mol. The highest BCUT2D eigenvalue weighted by Gasteiger charge is 2.59. The molecular weight excluding hydrogens is 557 g/mol. The summed E-state index contributed by atoms with van der Waals surface area (Å²) in [4.78, 5) is 36.5. The molecule has 1 aromatic carbocycles. The van der Waals surface area contributed by atoms with Crippen molar-refractivity contribution in [3.63, 3.8) is 0 Å². The average Bonchev–Trinajstić information content (AvgIpc) is 3.24. The second-order valence-corrected chi connectivity index (χ2v) is 12.7. The standard InChI is InChI=1S/C29H29F3N4O4S/c1-26(2,3)36(25(38)39)28(13-27(4,40)14-28)18-10-8-17(9-11-18)22-20(19-7-5-6-12-33-19)21-23(41-22)34-16-35(24(21)37)15-29(30,31)32/h5-12,16,40H,13-15H2,1-4H3,(H,38,39). The predicted octanol–water partition coefficient (Wildman–Crippen LogP) is 6.27. The van der Waals surface area contributed by atoms with Gasteiger partial charge in [0.2, 0.25) is 0 Å². The summed E-state index contributed by atoms with van der Waals surface area (Å²) in [5.41, 5.74) is -1.38. The molecule has 0 radical (unpaired) electrons. The number of halogens is 3. The van der Waals surface area contributed by atoms with Crippen molar-refractivity contribution < 1.29 is 28.2 Å². The molecular formula is C29H29F3N4O4S. The van der Waals surface area contributed by atoms with E-state index in [4.69, 9.17) is 0 Å². The first kappa shape index (κ1) is 28.7. The molecule has 0 unspecified atom stereocenters. The fourth-order valence-electron chi connectivity index (χ4n) is 6.03. The average molecular weight is 587 g/mol. The zero-order valence-corrected chi connectivity index (χ0v) is 23.7. The Kier molecular flexibility index (Phi) is 6.77. The molecule has 5 rings (SSSR count). The first-order chi connectivity index (χ1) is 19.0. The van der Waals surface area contributed by atoms with Gasteiger partial charge < -0.3 is 10.2 Å². The number of rotatable bonds is 5. The lowest BCUT2D eigenvalue weighted by Gasteiger charge is -2.60. The molecule has 1 saturated carbocycles. The molecule has 0 bridgehead atoms. The fraction of sp³-hybridized carbons (Fsp3) is 0.379. The van der Waals surface area contributed by atoms with E-state index < -0.39 is 41.1 Å². The zero-order chi connectivity index (χ0) is 30.0. The minimum atomic E-state index is -4.60. The zero-order valence-electron chi connectivity index (χ0n) is 22.9. The molecule has 1 aliphatic carbocycles. The van der Waals surface area contributed by atoms with Crippen LogP contribution in [0.4, 0.5) is 18.0 Å². The van der Waals surface area contributed by atoms with Gasteiger partial charge in [-0.1, -0.05) is 30.3 Å². The number of pyridine rings is 1. The van der Waals surface area contributed by atoms with Gasteiger partial charge in [0.05, 0.1) is 28.5 Å². The van der Waals surface area contributed by atoms with Crippen LogP contribution in [0, 0.1) is 0 Å². The number of amides is 1. The lowest BCUT2D eigenvalue weighted by Crippen LogP contribution is -2.67. The van der Waals surface area contributed by atoms with Crippen molar-refractivity contribution in [2.75, 3.05) is 0 Å². The first-order valence-corrected chi connectivity index (χ1v) is 13.7. The molecule has 4 aromatic rings. The maximum atomic E-state index is 13.3. The van der Waals surface area contributed by atoms with E-state index in [9.17, 15) is 33.0 Å². The first-order valence-electron chi connectivity index (χ1n) is 12.9. The van der Waals surface area contributed by atoms with Crippen molar-refractivity contribution in [1.29, 1.82) is 0 Å². The largest absolute Gasteiger partial charge is 0.465 e. The monoisotopic (exact) mass is 586 g/mol. The van der Waals surface area contributed by atoms with Crippen LogP contribution in [0.25, 0.3) is 31.9 Å². The third-order valence-corrected chi connectivity index (χ3v) is 8.42. The molecule has 1 aliphatic rings. The maximum Gasteiger partial charge on any atom is 0.408 e. The van der Waals surface area contributed by atoms with Crippen LogP contribution in [0.3, 0.4) is 0 Å². The SMILES string of the molecule is CC1(O)CC(c2ccc(-c3sc4ncn(CC(F)(F)F)c(=O)c4c3-c3ccccn3)cc2)(N(C(=O)O)C(C)(C)C)C1. The molecule has 8 nitrogen and oxygen atoms in total. The summed E-state index contributed by atoms with van der Waals surface area (Å²) in [7, 11) is 0. The summed E-state index contributed by atoms with van der Waals surface area (Å²) < 4.78 is 40.0. The third kappa shape index (κ3) is 5.21. The summed E-state index contributed by atoms with van der Waals surface area (Å²) in [5.74, 6) is 0. The van der Waals surface area contributed by atoms with Gasteiger partial charge in [-0.05, 0) is 51.0 Å². The number of carboxylic acid groups (broad SMARTS) is 1. The number of nitrogens with zero attached hydrogens (tertiary/aromatic N) is 4. The normalized spacial score (nSPS) is 21.1. The minimum absolute atomic E-state index is 0.0517. The van der Waals surface area contributed by atoms with Crippen molar-refractivity contribution in [2.24, 2.45) is 0 Å². The molecule has 0 atom stereocenters. The molecule has 0 aliphatic heterocycles. The van der Waals surface area contributed by atoms with Crippen molar-refractivity contribution in [3.05, 3.63) is 70.9 Å². The van der Waals surface area contributed by atoms with Gasteiger partial charge in [0, 0.05) is 35.0 Å². The lowest BCUT2D eigenvalue weighted by molar-refractivity contribution is -0.152. The van der Waals surface area contributed by atoms with E-state index in [-0.39, 0.29) is 23.1 Å². The van der Waals surface area contributed by atoms with E-state index in [0.717, 1.165) is 6.33 Å². The van der Waals surface area contributed by atoms with Crippen LogP contribution in [-0.2, 0) is 12.1 Å². The Morgan fingerprint density at radius 3 is 2.27 bits per heavy atom. The number of alkyl halides is 3. The number of hydrogen-bond donors (Lipinski definition) is 2. The van der Waals surface area contributed by atoms with Crippen LogP contribution < -0.4 is 5.56 Å². The second kappa shape index (κ2) is 9.66. The highest BCUT2D eigenvalue weighted by Crippen LogP contribution is 2.55. The molecule has 41 heavy (non-hydrogen) atoms. The molecule has 12 heteroatoms. The summed E-state index contributed by atoms with van der Waals surface area (Å²) in [6.45, 7) is 5.63. The van der Waals surface area contributed by atoms with E-state index in [1.165, 1.54) is 22.4 Å². The number of hydrogen-bond acceptors (Lipinski definition) is 6. The van der Waals surface area contributed by atoms with E-state index in [1.54, 1.807) is 70.2 Å². The number of aliphatic hydroxyl groups is 1. The third-order valence-electron chi connectivity index (χ3n) is 7.27. The number of aromatic nitrogens is 3. The van der Waals surface area contributed by atoms with Crippen molar-refractivity contribution in [3.8, 4) is 21.7 Å². The van der Waals surface area contributed by atoms with Gasteiger partial charge in [0.25, 0.3) is 5.56 Å². The summed E-state index contributed by atoms with van der Waals surface area (Å²) in [5, 5.41) is 20.9. The fourth-order valence-corrected chi connectivity index (χ4v) is 7.18. The summed E-state index contributed by atoms with van der Waals surface area (Å²) >= 11 is 1.17. The van der Waals surface area contributed by atoms with Crippen molar-refractivity contribution in [2.45, 2.75) is 69.9 Å². The molecule has 3 aromatic heterocycles. The molecule has 0 saturated heterocycles. The highest BCUT2D eigenvalue weighted by molar-refractivity contribution is 7.22. The number of thiophene rings is 1. The highest BCUT2D eigenvalue weighted by atomic mass is 32.1. The van der Waals surface area contributed by atoms with Crippen LogP contribution in [-0.4, -0.2) is 53.1 Å². The Bertz CT molecular complexity index is 1670. The summed E-state index contributed by atoms with van der Waals surface area (Å²) in [6.07, 6.45) is -2.82. The molecule has 0 spiro atoms. The van der Waals surface area contributed by atoms with E-state index in [1.807, 2.05) is 0 Å².